The van der Waals surface area contributed by atoms with E-state index in [9.17, 15) is 4.79 Å². The fourth-order valence-corrected chi connectivity index (χ4v) is 11.7. The lowest BCUT2D eigenvalue weighted by Crippen LogP contribution is -2.59. The molecule has 0 N–H and O–H groups in total. The summed E-state index contributed by atoms with van der Waals surface area (Å²) in [6, 6.07) is 8.26. The number of carbonyl (C=O) groups excluding carboxylic acids is 2. The van der Waals surface area contributed by atoms with Crippen LogP contribution in [0.3, 0.4) is 0 Å². The Balaban J connectivity index is 1.21. The Morgan fingerprint density at radius 3 is 2.29 bits per heavy atom. The van der Waals surface area contributed by atoms with Crippen LogP contribution in [0, 0.1) is 35.5 Å². The molecule has 3 aliphatic heterocycles. The number of fused-ring (bicyclic) bond motifs is 5. The number of nitrogens with zero attached hydrogens (tertiary/aromatic N) is 1. The van der Waals surface area contributed by atoms with E-state index < -0.39 is 18.3 Å². The number of esters is 1. The van der Waals surface area contributed by atoms with E-state index in [4.69, 9.17) is 49.5 Å². The molecule has 17 atom stereocenters. The van der Waals surface area contributed by atoms with Gasteiger partial charge in [0.15, 0.2) is 18.4 Å². The summed E-state index contributed by atoms with van der Waals surface area (Å²) in [7, 11) is 9.14. The highest BCUT2D eigenvalue weighted by molar-refractivity contribution is 6.30. The number of cyclic esters (lactones) is 1. The Bertz CT molecular complexity index is 1680. The highest BCUT2D eigenvalue weighted by Crippen LogP contribution is 2.59. The van der Waals surface area contributed by atoms with Crippen LogP contribution in [0.25, 0.3) is 5.57 Å². The van der Waals surface area contributed by atoms with E-state index >= 15 is 4.79 Å². The van der Waals surface area contributed by atoms with Gasteiger partial charge in [-0.2, -0.15) is 0 Å². The predicted octanol–water partition coefficient (Wildman–Crippen LogP) is 7.67. The number of methoxy groups -OCH3 is 3. The second-order valence-electron chi connectivity index (χ2n) is 18.2. The van der Waals surface area contributed by atoms with Crippen molar-refractivity contribution >= 4 is 28.9 Å². The molecular formula is C47H68ClNO10. The number of ether oxygens (including phenoxy) is 8. The van der Waals surface area contributed by atoms with Gasteiger partial charge >= 0.3 is 5.97 Å². The van der Waals surface area contributed by atoms with Crippen molar-refractivity contribution in [3.63, 3.8) is 0 Å². The van der Waals surface area contributed by atoms with Crippen LogP contribution in [-0.4, -0.2) is 120 Å². The van der Waals surface area contributed by atoms with Crippen molar-refractivity contribution in [1.82, 2.24) is 4.90 Å². The number of rotatable bonds is 10. The molecule has 328 valence electrons. The average molecular weight is 843 g/mol. The van der Waals surface area contributed by atoms with Crippen molar-refractivity contribution in [2.24, 2.45) is 35.5 Å². The first kappa shape index (κ1) is 44.9. The fourth-order valence-electron chi connectivity index (χ4n) is 11.5. The Morgan fingerprint density at radius 1 is 0.847 bits per heavy atom. The first-order valence-electron chi connectivity index (χ1n) is 22.1. The standard InChI is InChI=1S/C47H68ClNO10/c1-10-31-15-12-16-39(59-41-18-17-38(49(5)6)26(3)55-41)25(2)43(51)37-23-35-33-22-32(58-47-46(54-9)45(53-8)44(52-7)27(4)56-47)20-29(33)21-34(28-13-11-14-30(48)19-28)42(35)36(37)24-40(50)57-31/h11,13-14,19,21,23,25-27,29,31-33,35-36,38-39,41-42,44-47H,10,12,15-18,20,22,24H2,1-9H3/t25-,26?,27?,29?,31+,32-,33-,35+,36-,38+,39+,41+,42?,44+,45?,46?,47+/m1/s1. The molecule has 7 rings (SSSR count). The number of Topliss-reactive ketones (excluding diaryl/α,β-unsaturated/α-hetero) is 1. The van der Waals surface area contributed by atoms with Gasteiger partial charge in [0.05, 0.1) is 30.8 Å². The van der Waals surface area contributed by atoms with Crippen LogP contribution < -0.4 is 0 Å². The van der Waals surface area contributed by atoms with Gasteiger partial charge in [0.2, 0.25) is 0 Å². The maximum atomic E-state index is 15.1. The molecule has 1 aromatic rings. The molecule has 0 amide bonds. The second kappa shape index (κ2) is 19.5. The molecule has 4 fully saturated rings. The molecule has 0 spiro atoms. The van der Waals surface area contributed by atoms with E-state index in [0.29, 0.717) is 23.1 Å². The summed E-state index contributed by atoms with van der Waals surface area (Å²) in [4.78, 5) is 31.3. The van der Waals surface area contributed by atoms with Gasteiger partial charge < -0.3 is 42.8 Å². The molecule has 1 aromatic carbocycles. The van der Waals surface area contributed by atoms with Crippen LogP contribution >= 0.6 is 11.6 Å². The van der Waals surface area contributed by atoms with Crippen LogP contribution in [0.1, 0.15) is 91.0 Å². The number of hydrogen-bond acceptors (Lipinski definition) is 11. The quantitative estimate of drug-likeness (QED) is 0.217. The zero-order chi connectivity index (χ0) is 42.1. The molecule has 12 heteroatoms. The molecule has 3 aliphatic carbocycles. The first-order valence-corrected chi connectivity index (χ1v) is 22.5. The minimum atomic E-state index is -0.647. The van der Waals surface area contributed by atoms with E-state index in [1.54, 1.807) is 21.3 Å². The van der Waals surface area contributed by atoms with Gasteiger partial charge in [-0.15, -0.1) is 0 Å². The molecule has 1 saturated carbocycles. The van der Waals surface area contributed by atoms with Gasteiger partial charge in [0, 0.05) is 44.2 Å². The topological polar surface area (TPSA) is 111 Å². The van der Waals surface area contributed by atoms with Crippen LogP contribution in [0.4, 0.5) is 0 Å². The van der Waals surface area contributed by atoms with Crippen molar-refractivity contribution in [3.8, 4) is 0 Å². The highest BCUT2D eigenvalue weighted by Gasteiger charge is 2.54. The normalized spacial score (nSPS) is 41.8. The number of likely N-dealkylation sites (N-methyl/N-ethyl adjacent to an activating group) is 1. The van der Waals surface area contributed by atoms with Crippen molar-refractivity contribution in [1.29, 1.82) is 0 Å². The summed E-state index contributed by atoms with van der Waals surface area (Å²) in [5.41, 5.74) is 2.85. The Morgan fingerprint density at radius 2 is 1.61 bits per heavy atom. The molecule has 3 heterocycles. The monoisotopic (exact) mass is 841 g/mol. The third-order valence-electron chi connectivity index (χ3n) is 14.5. The predicted molar refractivity (Wildman–Crippen MR) is 225 cm³/mol. The van der Waals surface area contributed by atoms with Crippen molar-refractivity contribution in [2.75, 3.05) is 35.4 Å². The van der Waals surface area contributed by atoms with Gasteiger partial charge in [0.1, 0.15) is 24.4 Å². The number of halogens is 1. The molecule has 6 aliphatic rings. The summed E-state index contributed by atoms with van der Waals surface area (Å²) in [5.74, 6) is -0.807. The van der Waals surface area contributed by atoms with Crippen LogP contribution in [0.5, 0.6) is 0 Å². The zero-order valence-corrected chi connectivity index (χ0v) is 37.3. The SMILES string of the molecule is CC[C@H]1CCC[C@H](O[C@H]2CC[C@H](N(C)C)C(C)O2)[C@@H](C)C(=O)C2=C[C@@H]3C(C(c4cccc(Cl)c4)=CC4C[C@@H](O[C@@H]5OC(C)[C@H](OC)C(OC)C5OC)C[C@H]43)[C@@H]2CC(=O)O1. The molecule has 0 bridgehead atoms. The largest absolute Gasteiger partial charge is 0.462 e. The lowest BCUT2D eigenvalue weighted by Gasteiger charge is -2.44. The lowest BCUT2D eigenvalue weighted by molar-refractivity contribution is -0.314. The summed E-state index contributed by atoms with van der Waals surface area (Å²) in [6.07, 6.45) is 7.78. The van der Waals surface area contributed by atoms with Crippen molar-refractivity contribution in [2.45, 2.75) is 153 Å². The van der Waals surface area contributed by atoms with Crippen LogP contribution in [-0.2, 0) is 47.5 Å². The fraction of sp³-hybridized carbons (Fsp3) is 0.745. The Hall–Kier alpha value is -2.19. The van der Waals surface area contributed by atoms with Gasteiger partial charge in [-0.1, -0.05) is 49.7 Å². The third kappa shape index (κ3) is 9.44. The number of allylic oxidation sites excluding steroid dienone is 4. The van der Waals surface area contributed by atoms with Crippen molar-refractivity contribution < 1.29 is 47.5 Å². The summed E-state index contributed by atoms with van der Waals surface area (Å²) in [6.45, 7) is 8.16. The van der Waals surface area contributed by atoms with Crippen LogP contribution in [0.2, 0.25) is 5.02 Å². The number of hydrogen-bond donors (Lipinski definition) is 0. The molecular weight excluding hydrogens is 774 g/mol. The highest BCUT2D eigenvalue weighted by atomic mass is 35.5. The van der Waals surface area contributed by atoms with Crippen molar-refractivity contribution in [3.05, 3.63) is 52.6 Å². The van der Waals surface area contributed by atoms with E-state index in [-0.39, 0.29) is 96.8 Å². The first-order chi connectivity index (χ1) is 28.3. The van der Waals surface area contributed by atoms with E-state index in [1.165, 1.54) is 0 Å². The Labute approximate surface area is 356 Å². The molecule has 3 saturated heterocycles. The zero-order valence-electron chi connectivity index (χ0n) is 36.6. The molecule has 0 radical (unpaired) electrons. The smallest absolute Gasteiger partial charge is 0.306 e. The number of ketones is 1. The molecule has 59 heavy (non-hydrogen) atoms. The van der Waals surface area contributed by atoms with Gasteiger partial charge in [-0.25, -0.2) is 0 Å². The number of benzene rings is 1. The lowest BCUT2D eigenvalue weighted by atomic mass is 9.65. The second-order valence-corrected chi connectivity index (χ2v) is 18.6. The van der Waals surface area contributed by atoms with E-state index in [0.717, 1.165) is 56.1 Å². The summed E-state index contributed by atoms with van der Waals surface area (Å²) in [5, 5.41) is 0.641. The van der Waals surface area contributed by atoms with Gasteiger partial charge in [0.25, 0.3) is 0 Å². The minimum absolute atomic E-state index is 0.0101. The maximum absolute atomic E-state index is 15.1. The third-order valence-corrected chi connectivity index (χ3v) is 14.8. The molecule has 6 unspecified atom stereocenters. The number of carbonyl (C=O) groups is 2. The molecule has 0 aromatic heterocycles. The Kier molecular flexibility index (Phi) is 14.8. The van der Waals surface area contributed by atoms with Crippen LogP contribution in [0.15, 0.2) is 42.0 Å². The minimum Gasteiger partial charge on any atom is -0.462 e. The maximum Gasteiger partial charge on any atom is 0.306 e. The van der Waals surface area contributed by atoms with Gasteiger partial charge in [-0.05, 0) is 132 Å². The molecule has 11 nitrogen and oxygen atoms in total. The average Bonchev–Trinajstić information content (AvgIpc) is 3.79. The summed E-state index contributed by atoms with van der Waals surface area (Å²) < 4.78 is 50.3. The summed E-state index contributed by atoms with van der Waals surface area (Å²) >= 11 is 6.66. The van der Waals surface area contributed by atoms with Gasteiger partial charge in [-0.3, -0.25) is 9.59 Å². The van der Waals surface area contributed by atoms with E-state index in [2.05, 4.69) is 51.1 Å². The van der Waals surface area contributed by atoms with E-state index in [1.807, 2.05) is 32.0 Å².